The average molecular weight is 475 g/mol. The Morgan fingerprint density at radius 3 is 2.64 bits per heavy atom. The summed E-state index contributed by atoms with van der Waals surface area (Å²) in [5.74, 6) is 2.46. The molecule has 2 heterocycles. The van der Waals surface area contributed by atoms with Crippen LogP contribution in [0.3, 0.4) is 0 Å². The lowest BCUT2D eigenvalue weighted by atomic mass is 9.95. The molecule has 0 bridgehead atoms. The second kappa shape index (κ2) is 12.0. The molecule has 180 valence electrons. The van der Waals surface area contributed by atoms with Crippen molar-refractivity contribution in [2.45, 2.75) is 64.6 Å². The predicted molar refractivity (Wildman–Crippen MR) is 130 cm³/mol. The highest BCUT2D eigenvalue weighted by Gasteiger charge is 2.35. The summed E-state index contributed by atoms with van der Waals surface area (Å²) < 4.78 is 18.7. The number of ether oxygens (including phenoxy) is 3. The van der Waals surface area contributed by atoms with Crippen molar-refractivity contribution in [3.8, 4) is 11.5 Å². The maximum atomic E-state index is 13.1. The van der Waals surface area contributed by atoms with Crippen LogP contribution in [0.15, 0.2) is 34.6 Å². The third-order valence-corrected chi connectivity index (χ3v) is 6.11. The Morgan fingerprint density at radius 2 is 1.94 bits per heavy atom. The zero-order chi connectivity index (χ0) is 23.8. The summed E-state index contributed by atoms with van der Waals surface area (Å²) in [6.07, 6.45) is 3.85. The molecule has 0 saturated carbocycles. The minimum Gasteiger partial charge on any atom is -0.493 e. The molecule has 1 N–H and O–H groups in total. The largest absolute Gasteiger partial charge is 0.493 e. The second-order valence-corrected chi connectivity index (χ2v) is 8.89. The van der Waals surface area contributed by atoms with Crippen molar-refractivity contribution < 1.29 is 19.0 Å². The van der Waals surface area contributed by atoms with Gasteiger partial charge in [-0.15, -0.1) is 5.10 Å². The number of benzene rings is 1. The Hall–Kier alpha value is -2.68. The van der Waals surface area contributed by atoms with Crippen LogP contribution in [-0.2, 0) is 9.53 Å². The van der Waals surface area contributed by atoms with Crippen molar-refractivity contribution in [3.63, 3.8) is 0 Å². The molecule has 33 heavy (non-hydrogen) atoms. The van der Waals surface area contributed by atoms with Crippen molar-refractivity contribution in [1.29, 1.82) is 0 Å². The number of aromatic nitrogens is 3. The number of carbonyl (C=O) groups excluding carboxylic acids is 1. The van der Waals surface area contributed by atoms with Gasteiger partial charge in [0.2, 0.25) is 11.1 Å². The van der Waals surface area contributed by atoms with Gasteiger partial charge in [0.05, 0.1) is 25.9 Å². The number of hydrogen-bond acceptors (Lipinski definition) is 8. The number of allylic oxidation sites excluding steroid dienone is 1. The lowest BCUT2D eigenvalue weighted by molar-refractivity contribution is -0.139. The van der Waals surface area contributed by atoms with E-state index in [-0.39, 0.29) is 5.97 Å². The molecule has 0 fully saturated rings. The number of nitrogens with one attached hydrogen (secondary N) is 1. The fraction of sp³-hybridized carbons (Fsp3) is 0.542. The van der Waals surface area contributed by atoms with Gasteiger partial charge in [0.1, 0.15) is 6.04 Å². The Bertz CT molecular complexity index is 989. The van der Waals surface area contributed by atoms with E-state index < -0.39 is 6.04 Å². The van der Waals surface area contributed by atoms with Crippen molar-refractivity contribution >= 4 is 23.7 Å². The smallest absolute Gasteiger partial charge is 0.338 e. The molecule has 1 aromatic carbocycles. The van der Waals surface area contributed by atoms with Crippen molar-refractivity contribution in [2.24, 2.45) is 0 Å². The number of anilines is 1. The van der Waals surface area contributed by atoms with E-state index in [0.29, 0.717) is 47.1 Å². The molecular weight excluding hydrogens is 440 g/mol. The summed E-state index contributed by atoms with van der Waals surface area (Å²) in [6.45, 7) is 9.01. The van der Waals surface area contributed by atoms with Crippen molar-refractivity contribution in [1.82, 2.24) is 14.8 Å². The molecule has 0 radical (unpaired) electrons. The molecule has 1 aliphatic rings. The van der Waals surface area contributed by atoms with Crippen LogP contribution >= 0.6 is 11.8 Å². The Kier molecular flexibility index (Phi) is 9.05. The van der Waals surface area contributed by atoms with Crippen LogP contribution < -0.4 is 14.8 Å². The van der Waals surface area contributed by atoms with Gasteiger partial charge in [-0.2, -0.15) is 4.98 Å². The summed E-state index contributed by atoms with van der Waals surface area (Å²) in [6, 6.07) is 5.23. The molecule has 0 amide bonds. The summed E-state index contributed by atoms with van der Waals surface area (Å²) in [4.78, 5) is 17.8. The third kappa shape index (κ3) is 5.82. The van der Waals surface area contributed by atoms with Crippen LogP contribution in [0.1, 0.15) is 65.0 Å². The normalized spacial score (nSPS) is 15.1. The molecular formula is C24H34N4O4S. The number of rotatable bonds is 12. The minimum absolute atomic E-state index is 0.359. The van der Waals surface area contributed by atoms with Crippen LogP contribution in [0.25, 0.3) is 0 Å². The number of methoxy groups -OCH3 is 1. The van der Waals surface area contributed by atoms with Gasteiger partial charge in [0.15, 0.2) is 11.5 Å². The van der Waals surface area contributed by atoms with Crippen molar-refractivity contribution in [2.75, 3.05) is 31.4 Å². The SMILES string of the molecule is CCCCSc1nc2n(n1)C(c1ccc(OCCC)c(OC)c1)C(C(=O)OCCC)=C(C)N2. The second-order valence-electron chi connectivity index (χ2n) is 7.83. The number of fused-ring (bicyclic) bond motifs is 1. The first kappa shape index (κ1) is 25.0. The standard InChI is InChI=1S/C24H34N4O4S/c1-6-9-14-33-24-26-23-25-16(4)20(22(29)32-13-8-3)21(28(23)27-24)17-10-11-18(31-12-7-2)19(15-17)30-5/h10-11,15,21H,6-9,12-14H2,1-5H3,(H,25,26,27). The first-order valence-electron chi connectivity index (χ1n) is 11.6. The molecule has 0 aliphatic carbocycles. The van der Waals surface area contributed by atoms with Gasteiger partial charge in [-0.1, -0.05) is 45.0 Å². The van der Waals surface area contributed by atoms with Gasteiger partial charge < -0.3 is 19.5 Å². The molecule has 9 heteroatoms. The Labute approximate surface area is 200 Å². The summed E-state index contributed by atoms with van der Waals surface area (Å²) >= 11 is 1.62. The number of thioether (sulfide) groups is 1. The first-order valence-corrected chi connectivity index (χ1v) is 12.6. The lowest BCUT2D eigenvalue weighted by Gasteiger charge is -2.28. The molecule has 3 rings (SSSR count). The maximum absolute atomic E-state index is 13.1. The van der Waals surface area contributed by atoms with Crippen molar-refractivity contribution in [3.05, 3.63) is 35.0 Å². The van der Waals surface area contributed by atoms with Crippen LogP contribution in [0, 0.1) is 0 Å². The van der Waals surface area contributed by atoms with E-state index in [2.05, 4.69) is 24.1 Å². The minimum atomic E-state index is -0.493. The van der Waals surface area contributed by atoms with E-state index in [1.165, 1.54) is 0 Å². The molecule has 1 aliphatic heterocycles. The van der Waals surface area contributed by atoms with E-state index in [4.69, 9.17) is 19.3 Å². The number of esters is 1. The number of unbranched alkanes of at least 4 members (excludes halogenated alkanes) is 1. The van der Waals surface area contributed by atoms with Gasteiger partial charge in [-0.3, -0.25) is 0 Å². The lowest BCUT2D eigenvalue weighted by Crippen LogP contribution is -2.29. The van der Waals surface area contributed by atoms with E-state index in [1.54, 1.807) is 23.6 Å². The maximum Gasteiger partial charge on any atom is 0.338 e. The number of nitrogens with zero attached hydrogens (tertiary/aromatic N) is 3. The van der Waals surface area contributed by atoms with Gasteiger partial charge in [-0.25, -0.2) is 9.48 Å². The van der Waals surface area contributed by atoms with Crippen LogP contribution in [0.2, 0.25) is 0 Å². The monoisotopic (exact) mass is 474 g/mol. The topological polar surface area (TPSA) is 87.5 Å². The third-order valence-electron chi connectivity index (χ3n) is 5.18. The van der Waals surface area contributed by atoms with Gasteiger partial charge in [-0.05, 0) is 43.9 Å². The highest BCUT2D eigenvalue weighted by atomic mass is 32.2. The molecule has 2 aromatic rings. The van der Waals surface area contributed by atoms with E-state index >= 15 is 0 Å². The van der Waals surface area contributed by atoms with Crippen LogP contribution in [0.5, 0.6) is 11.5 Å². The van der Waals surface area contributed by atoms with E-state index in [1.807, 2.05) is 32.0 Å². The van der Waals surface area contributed by atoms with E-state index in [9.17, 15) is 4.79 Å². The first-order chi connectivity index (χ1) is 16.0. The molecule has 1 aromatic heterocycles. The predicted octanol–water partition coefficient (Wildman–Crippen LogP) is 5.21. The van der Waals surface area contributed by atoms with Gasteiger partial charge in [0, 0.05) is 11.4 Å². The zero-order valence-corrected chi connectivity index (χ0v) is 21.0. The zero-order valence-electron chi connectivity index (χ0n) is 20.1. The van der Waals surface area contributed by atoms with Crippen LogP contribution in [-0.4, -0.2) is 46.8 Å². The number of carbonyl (C=O) groups is 1. The fourth-order valence-electron chi connectivity index (χ4n) is 3.53. The molecule has 0 saturated heterocycles. The fourth-order valence-corrected chi connectivity index (χ4v) is 4.44. The Balaban J connectivity index is 2.04. The summed E-state index contributed by atoms with van der Waals surface area (Å²) in [5.41, 5.74) is 2.06. The molecule has 8 nitrogen and oxygen atoms in total. The summed E-state index contributed by atoms with van der Waals surface area (Å²) in [7, 11) is 1.61. The van der Waals surface area contributed by atoms with E-state index in [0.717, 1.165) is 37.0 Å². The molecule has 0 spiro atoms. The van der Waals surface area contributed by atoms with Gasteiger partial charge >= 0.3 is 5.97 Å². The average Bonchev–Trinajstić information content (AvgIpc) is 3.22. The highest BCUT2D eigenvalue weighted by Crippen LogP contribution is 2.39. The number of hydrogen-bond donors (Lipinski definition) is 1. The Morgan fingerprint density at radius 1 is 1.15 bits per heavy atom. The van der Waals surface area contributed by atoms with Crippen LogP contribution in [0.4, 0.5) is 5.95 Å². The summed E-state index contributed by atoms with van der Waals surface area (Å²) in [5, 5.41) is 8.67. The quantitative estimate of drug-likeness (QED) is 0.255. The molecule has 1 atom stereocenters. The van der Waals surface area contributed by atoms with Gasteiger partial charge in [0.25, 0.3) is 0 Å². The molecule has 1 unspecified atom stereocenters. The highest BCUT2D eigenvalue weighted by molar-refractivity contribution is 7.99.